The SMILES string of the molecule is O=C(CCc1cccc(F)c1)NCC(=O)OCc1ccccc1. The van der Waals surface area contributed by atoms with Crippen molar-refractivity contribution in [2.45, 2.75) is 19.4 Å². The van der Waals surface area contributed by atoms with E-state index in [4.69, 9.17) is 4.74 Å². The maximum absolute atomic E-state index is 13.0. The summed E-state index contributed by atoms with van der Waals surface area (Å²) < 4.78 is 18.1. The molecule has 5 heteroatoms. The van der Waals surface area contributed by atoms with Crippen LogP contribution in [-0.2, 0) is 27.4 Å². The molecule has 0 aliphatic rings. The number of carbonyl (C=O) groups excluding carboxylic acids is 2. The van der Waals surface area contributed by atoms with Crippen molar-refractivity contribution < 1.29 is 18.7 Å². The number of ether oxygens (including phenoxy) is 1. The molecule has 120 valence electrons. The molecule has 4 nitrogen and oxygen atoms in total. The third-order valence-corrected chi connectivity index (χ3v) is 3.20. The van der Waals surface area contributed by atoms with E-state index < -0.39 is 5.97 Å². The zero-order valence-corrected chi connectivity index (χ0v) is 12.6. The molecule has 0 saturated heterocycles. The second kappa shape index (κ2) is 8.68. The van der Waals surface area contributed by atoms with Gasteiger partial charge in [-0.3, -0.25) is 9.59 Å². The topological polar surface area (TPSA) is 55.4 Å². The van der Waals surface area contributed by atoms with Crippen LogP contribution in [0.25, 0.3) is 0 Å². The highest BCUT2D eigenvalue weighted by atomic mass is 19.1. The van der Waals surface area contributed by atoms with Gasteiger partial charge in [-0.05, 0) is 29.7 Å². The summed E-state index contributed by atoms with van der Waals surface area (Å²) in [5.41, 5.74) is 1.63. The highest BCUT2D eigenvalue weighted by Crippen LogP contribution is 2.06. The first-order valence-electron chi connectivity index (χ1n) is 7.34. The van der Waals surface area contributed by atoms with Crippen LogP contribution in [0.4, 0.5) is 4.39 Å². The summed E-state index contributed by atoms with van der Waals surface area (Å²) in [5.74, 6) is -1.09. The average molecular weight is 315 g/mol. The molecule has 2 rings (SSSR count). The van der Waals surface area contributed by atoms with Crippen molar-refractivity contribution >= 4 is 11.9 Å². The molecule has 0 aliphatic heterocycles. The molecule has 0 aliphatic carbocycles. The smallest absolute Gasteiger partial charge is 0.325 e. The highest BCUT2D eigenvalue weighted by Gasteiger charge is 2.07. The van der Waals surface area contributed by atoms with E-state index >= 15 is 0 Å². The molecule has 0 bridgehead atoms. The molecule has 23 heavy (non-hydrogen) atoms. The van der Waals surface area contributed by atoms with Crippen molar-refractivity contribution in [3.05, 3.63) is 71.5 Å². The maximum Gasteiger partial charge on any atom is 0.325 e. The Morgan fingerprint density at radius 1 is 1.00 bits per heavy atom. The van der Waals surface area contributed by atoms with Crippen molar-refractivity contribution in [1.29, 1.82) is 0 Å². The van der Waals surface area contributed by atoms with Gasteiger partial charge in [0.15, 0.2) is 0 Å². The number of hydrogen-bond acceptors (Lipinski definition) is 3. The predicted octanol–water partition coefficient (Wildman–Crippen LogP) is 2.62. The van der Waals surface area contributed by atoms with Crippen molar-refractivity contribution in [2.24, 2.45) is 0 Å². The Balaban J connectivity index is 1.64. The molecule has 0 atom stereocenters. The van der Waals surface area contributed by atoms with E-state index in [0.29, 0.717) is 6.42 Å². The normalized spacial score (nSPS) is 10.1. The number of aryl methyl sites for hydroxylation is 1. The number of nitrogens with one attached hydrogen (secondary N) is 1. The molecule has 0 spiro atoms. The lowest BCUT2D eigenvalue weighted by Gasteiger charge is -2.07. The van der Waals surface area contributed by atoms with Gasteiger partial charge in [0.1, 0.15) is 19.0 Å². The third kappa shape index (κ3) is 6.30. The van der Waals surface area contributed by atoms with E-state index in [-0.39, 0.29) is 31.3 Å². The Bertz CT molecular complexity index is 658. The van der Waals surface area contributed by atoms with Gasteiger partial charge in [0, 0.05) is 6.42 Å². The van der Waals surface area contributed by atoms with Gasteiger partial charge in [0.2, 0.25) is 5.91 Å². The fourth-order valence-corrected chi connectivity index (χ4v) is 2.00. The van der Waals surface area contributed by atoms with Crippen LogP contribution in [0.15, 0.2) is 54.6 Å². The van der Waals surface area contributed by atoms with Gasteiger partial charge in [-0.1, -0.05) is 42.5 Å². The molecule has 2 aromatic carbocycles. The average Bonchev–Trinajstić information content (AvgIpc) is 2.57. The van der Waals surface area contributed by atoms with Crippen molar-refractivity contribution in [2.75, 3.05) is 6.54 Å². The summed E-state index contributed by atoms with van der Waals surface area (Å²) in [6.45, 7) is 0.00759. The summed E-state index contributed by atoms with van der Waals surface area (Å²) in [6.07, 6.45) is 0.609. The zero-order valence-electron chi connectivity index (χ0n) is 12.6. The Hall–Kier alpha value is -2.69. The van der Waals surface area contributed by atoms with Crippen LogP contribution >= 0.6 is 0 Å². The molecule has 0 fully saturated rings. The molecule has 0 unspecified atom stereocenters. The third-order valence-electron chi connectivity index (χ3n) is 3.20. The first-order valence-corrected chi connectivity index (χ1v) is 7.34. The highest BCUT2D eigenvalue weighted by molar-refractivity contribution is 5.82. The molecule has 2 aromatic rings. The maximum atomic E-state index is 13.0. The summed E-state index contributed by atoms with van der Waals surface area (Å²) >= 11 is 0. The Morgan fingerprint density at radius 2 is 1.74 bits per heavy atom. The van der Waals surface area contributed by atoms with Crippen molar-refractivity contribution in [3.8, 4) is 0 Å². The van der Waals surface area contributed by atoms with Crippen molar-refractivity contribution in [3.63, 3.8) is 0 Å². The number of halogens is 1. The number of amides is 1. The lowest BCUT2D eigenvalue weighted by molar-refractivity contribution is -0.145. The Kier molecular flexibility index (Phi) is 6.29. The first kappa shape index (κ1) is 16.7. The Labute approximate surface area is 134 Å². The molecular weight excluding hydrogens is 297 g/mol. The van der Waals surface area contributed by atoms with Gasteiger partial charge in [-0.25, -0.2) is 4.39 Å². The second-order valence-electron chi connectivity index (χ2n) is 5.05. The van der Waals surface area contributed by atoms with Crippen LogP contribution < -0.4 is 5.32 Å². The van der Waals surface area contributed by atoms with E-state index in [9.17, 15) is 14.0 Å². The van der Waals surface area contributed by atoms with Gasteiger partial charge < -0.3 is 10.1 Å². The number of benzene rings is 2. The van der Waals surface area contributed by atoms with Crippen LogP contribution in [0.5, 0.6) is 0 Å². The standard InChI is InChI=1S/C18H18FNO3/c19-16-8-4-7-14(11-16)9-10-17(21)20-12-18(22)23-13-15-5-2-1-3-6-15/h1-8,11H,9-10,12-13H2,(H,20,21). The lowest BCUT2D eigenvalue weighted by Crippen LogP contribution is -2.30. The summed E-state index contributed by atoms with van der Waals surface area (Å²) in [6, 6.07) is 15.4. The van der Waals surface area contributed by atoms with E-state index in [1.54, 1.807) is 12.1 Å². The van der Waals surface area contributed by atoms with Gasteiger partial charge in [0.05, 0.1) is 0 Å². The van der Waals surface area contributed by atoms with Gasteiger partial charge in [-0.15, -0.1) is 0 Å². The van der Waals surface area contributed by atoms with Gasteiger partial charge in [-0.2, -0.15) is 0 Å². The van der Waals surface area contributed by atoms with E-state index in [2.05, 4.69) is 5.32 Å². The molecule has 1 N–H and O–H groups in total. The number of carbonyl (C=O) groups is 2. The molecule has 1 amide bonds. The summed E-state index contributed by atoms with van der Waals surface area (Å²) in [4.78, 5) is 23.2. The monoisotopic (exact) mass is 315 g/mol. The fraction of sp³-hybridized carbons (Fsp3) is 0.222. The Morgan fingerprint density at radius 3 is 2.48 bits per heavy atom. The van der Waals surface area contributed by atoms with Gasteiger partial charge >= 0.3 is 5.97 Å². The van der Waals surface area contributed by atoms with E-state index in [1.165, 1.54) is 12.1 Å². The largest absolute Gasteiger partial charge is 0.460 e. The quantitative estimate of drug-likeness (QED) is 0.799. The van der Waals surface area contributed by atoms with Crippen LogP contribution in [0.1, 0.15) is 17.5 Å². The predicted molar refractivity (Wildman–Crippen MR) is 84.0 cm³/mol. The second-order valence-corrected chi connectivity index (χ2v) is 5.05. The summed E-state index contributed by atoms with van der Waals surface area (Å²) in [5, 5.41) is 2.50. The molecule has 0 aromatic heterocycles. The molecule has 0 heterocycles. The number of hydrogen-bond donors (Lipinski definition) is 1. The molecule has 0 radical (unpaired) electrons. The van der Waals surface area contributed by atoms with E-state index in [0.717, 1.165) is 11.1 Å². The van der Waals surface area contributed by atoms with Crippen LogP contribution in [0.3, 0.4) is 0 Å². The van der Waals surface area contributed by atoms with Crippen LogP contribution in [0.2, 0.25) is 0 Å². The fourth-order valence-electron chi connectivity index (χ4n) is 2.00. The minimum atomic E-state index is -0.493. The first-order chi connectivity index (χ1) is 11.1. The van der Waals surface area contributed by atoms with Gasteiger partial charge in [0.25, 0.3) is 0 Å². The van der Waals surface area contributed by atoms with Crippen LogP contribution in [-0.4, -0.2) is 18.4 Å². The number of esters is 1. The van der Waals surface area contributed by atoms with Crippen LogP contribution in [0, 0.1) is 5.82 Å². The minimum absolute atomic E-state index is 0.172. The molecule has 0 saturated carbocycles. The van der Waals surface area contributed by atoms with E-state index in [1.807, 2.05) is 30.3 Å². The number of rotatable bonds is 7. The molecular formula is C18H18FNO3. The lowest BCUT2D eigenvalue weighted by atomic mass is 10.1. The van der Waals surface area contributed by atoms with Crippen molar-refractivity contribution in [1.82, 2.24) is 5.32 Å². The zero-order chi connectivity index (χ0) is 16.5. The summed E-state index contributed by atoms with van der Waals surface area (Å²) in [7, 11) is 0. The minimum Gasteiger partial charge on any atom is -0.460 e.